The van der Waals surface area contributed by atoms with Gasteiger partial charge in [0.25, 0.3) is 0 Å². The summed E-state index contributed by atoms with van der Waals surface area (Å²) in [4.78, 5) is 6.81. The molecule has 106 valence electrons. The van der Waals surface area contributed by atoms with Crippen molar-refractivity contribution in [3.63, 3.8) is 0 Å². The standard InChI is InChI=1S/C16H25ClN2/c17-9-1-5-16-8-4-12-19(14-16)11-3-7-15-6-2-10-18-13-15/h2,6,10,13,16H,1,3-5,7-9,11-12,14H2. The molecule has 0 amide bonds. The van der Waals surface area contributed by atoms with Crippen LogP contribution >= 0.6 is 11.6 Å². The summed E-state index contributed by atoms with van der Waals surface area (Å²) in [6.45, 7) is 3.79. The molecule has 3 heteroatoms. The second-order valence-corrected chi connectivity index (χ2v) is 5.98. The summed E-state index contributed by atoms with van der Waals surface area (Å²) >= 11 is 5.79. The predicted octanol–water partition coefficient (Wildman–Crippen LogP) is 3.75. The third-order valence-electron chi connectivity index (χ3n) is 4.01. The van der Waals surface area contributed by atoms with Crippen LogP contribution in [0.25, 0.3) is 0 Å². The smallest absolute Gasteiger partial charge is 0.0299 e. The van der Waals surface area contributed by atoms with Crippen molar-refractivity contribution in [3.8, 4) is 0 Å². The Morgan fingerprint density at radius 3 is 3.11 bits per heavy atom. The number of nitrogens with zero attached hydrogens (tertiary/aromatic N) is 2. The summed E-state index contributed by atoms with van der Waals surface area (Å²) in [7, 11) is 0. The van der Waals surface area contributed by atoms with Crippen molar-refractivity contribution in [1.82, 2.24) is 9.88 Å². The Kier molecular flexibility index (Phi) is 6.66. The van der Waals surface area contributed by atoms with E-state index in [2.05, 4.69) is 16.0 Å². The van der Waals surface area contributed by atoms with Crippen molar-refractivity contribution >= 4 is 11.6 Å². The summed E-state index contributed by atoms with van der Waals surface area (Å²) in [5, 5.41) is 0. The van der Waals surface area contributed by atoms with E-state index < -0.39 is 0 Å². The molecular formula is C16H25ClN2. The Balaban J connectivity index is 1.65. The highest BCUT2D eigenvalue weighted by atomic mass is 35.5. The fraction of sp³-hybridized carbons (Fsp3) is 0.688. The van der Waals surface area contributed by atoms with Gasteiger partial charge in [-0.15, -0.1) is 11.6 Å². The van der Waals surface area contributed by atoms with Crippen molar-refractivity contribution in [3.05, 3.63) is 30.1 Å². The van der Waals surface area contributed by atoms with Crippen LogP contribution in [0, 0.1) is 5.92 Å². The molecule has 2 rings (SSSR count). The number of likely N-dealkylation sites (tertiary alicyclic amines) is 1. The van der Waals surface area contributed by atoms with Crippen LogP contribution in [0.2, 0.25) is 0 Å². The van der Waals surface area contributed by atoms with Crippen molar-refractivity contribution < 1.29 is 0 Å². The summed E-state index contributed by atoms with van der Waals surface area (Å²) in [5.41, 5.74) is 1.36. The van der Waals surface area contributed by atoms with Crippen LogP contribution in [0.15, 0.2) is 24.5 Å². The van der Waals surface area contributed by atoms with E-state index in [1.54, 1.807) is 0 Å². The first-order valence-corrected chi connectivity index (χ1v) is 8.09. The lowest BCUT2D eigenvalue weighted by Gasteiger charge is -2.32. The molecule has 0 bridgehead atoms. The molecule has 0 N–H and O–H groups in total. The second-order valence-electron chi connectivity index (χ2n) is 5.60. The lowest BCUT2D eigenvalue weighted by atomic mass is 9.93. The third kappa shape index (κ3) is 5.50. The maximum atomic E-state index is 5.79. The van der Waals surface area contributed by atoms with Crippen LogP contribution < -0.4 is 0 Å². The summed E-state index contributed by atoms with van der Waals surface area (Å²) in [6, 6.07) is 4.20. The molecule has 2 heterocycles. The molecule has 1 aromatic rings. The van der Waals surface area contributed by atoms with E-state index in [0.717, 1.165) is 18.2 Å². The molecule has 0 aliphatic carbocycles. The molecule has 1 aliphatic rings. The zero-order valence-electron chi connectivity index (χ0n) is 11.7. The first-order valence-electron chi connectivity index (χ1n) is 7.55. The fourth-order valence-electron chi connectivity index (χ4n) is 3.01. The molecule has 1 aliphatic heterocycles. The Morgan fingerprint density at radius 2 is 2.32 bits per heavy atom. The average molecular weight is 281 g/mol. The molecule has 0 aromatic carbocycles. The Morgan fingerprint density at radius 1 is 1.37 bits per heavy atom. The van der Waals surface area contributed by atoms with E-state index >= 15 is 0 Å². The highest BCUT2D eigenvalue weighted by Crippen LogP contribution is 2.21. The zero-order valence-corrected chi connectivity index (χ0v) is 12.5. The first kappa shape index (κ1) is 14.8. The van der Waals surface area contributed by atoms with Crippen LogP contribution in [0.4, 0.5) is 0 Å². The zero-order chi connectivity index (χ0) is 13.3. The number of rotatable bonds is 7. The van der Waals surface area contributed by atoms with Gasteiger partial charge in [0.15, 0.2) is 0 Å². The molecule has 1 atom stereocenters. The lowest BCUT2D eigenvalue weighted by Crippen LogP contribution is -2.36. The van der Waals surface area contributed by atoms with Gasteiger partial charge in [0, 0.05) is 24.8 Å². The fourth-order valence-corrected chi connectivity index (χ4v) is 3.16. The Hall–Kier alpha value is -0.600. The third-order valence-corrected chi connectivity index (χ3v) is 4.28. The first-order chi connectivity index (χ1) is 9.38. The van der Waals surface area contributed by atoms with Crippen LogP contribution in [0.5, 0.6) is 0 Å². The maximum Gasteiger partial charge on any atom is 0.0299 e. The number of pyridine rings is 1. The number of alkyl halides is 1. The average Bonchev–Trinajstić information content (AvgIpc) is 2.47. The normalized spacial score (nSPS) is 20.6. The van der Waals surface area contributed by atoms with Crippen molar-refractivity contribution in [2.75, 3.05) is 25.5 Å². The molecule has 1 unspecified atom stereocenters. The van der Waals surface area contributed by atoms with Gasteiger partial charge in [-0.25, -0.2) is 0 Å². The number of hydrogen-bond donors (Lipinski definition) is 0. The number of hydrogen-bond acceptors (Lipinski definition) is 2. The number of aryl methyl sites for hydroxylation is 1. The van der Waals surface area contributed by atoms with Crippen LogP contribution in [-0.4, -0.2) is 35.4 Å². The number of halogens is 1. The second kappa shape index (κ2) is 8.55. The van der Waals surface area contributed by atoms with Crippen LogP contribution in [-0.2, 0) is 6.42 Å². The highest BCUT2D eigenvalue weighted by Gasteiger charge is 2.18. The van der Waals surface area contributed by atoms with Gasteiger partial charge in [0.05, 0.1) is 0 Å². The molecule has 0 saturated carbocycles. The van der Waals surface area contributed by atoms with Gasteiger partial charge in [-0.3, -0.25) is 4.98 Å². The lowest BCUT2D eigenvalue weighted by molar-refractivity contribution is 0.167. The molecule has 1 fully saturated rings. The van der Waals surface area contributed by atoms with E-state index in [4.69, 9.17) is 11.6 Å². The van der Waals surface area contributed by atoms with Gasteiger partial charge < -0.3 is 4.90 Å². The van der Waals surface area contributed by atoms with Gasteiger partial charge in [0.1, 0.15) is 0 Å². The molecule has 2 nitrogen and oxygen atoms in total. The largest absolute Gasteiger partial charge is 0.303 e. The van der Waals surface area contributed by atoms with E-state index in [1.807, 2.05) is 18.5 Å². The van der Waals surface area contributed by atoms with Gasteiger partial charge >= 0.3 is 0 Å². The Bertz CT molecular complexity index is 342. The molecule has 0 radical (unpaired) electrons. The molecule has 19 heavy (non-hydrogen) atoms. The van der Waals surface area contributed by atoms with Crippen molar-refractivity contribution in [2.45, 2.75) is 38.5 Å². The van der Waals surface area contributed by atoms with Gasteiger partial charge in [-0.2, -0.15) is 0 Å². The van der Waals surface area contributed by atoms with Gasteiger partial charge in [0.2, 0.25) is 0 Å². The minimum absolute atomic E-state index is 0.817. The van der Waals surface area contributed by atoms with Crippen molar-refractivity contribution in [1.29, 1.82) is 0 Å². The quantitative estimate of drug-likeness (QED) is 0.707. The minimum atomic E-state index is 0.817. The van der Waals surface area contributed by atoms with Crippen LogP contribution in [0.3, 0.4) is 0 Å². The molecule has 1 saturated heterocycles. The van der Waals surface area contributed by atoms with Crippen molar-refractivity contribution in [2.24, 2.45) is 5.92 Å². The molecule has 1 aromatic heterocycles. The topological polar surface area (TPSA) is 16.1 Å². The van der Waals surface area contributed by atoms with Gasteiger partial charge in [-0.05, 0) is 69.2 Å². The summed E-state index contributed by atoms with van der Waals surface area (Å²) < 4.78 is 0. The predicted molar refractivity (Wildman–Crippen MR) is 81.7 cm³/mol. The molecule has 0 spiro atoms. The van der Waals surface area contributed by atoms with E-state index in [0.29, 0.717) is 0 Å². The molecular weight excluding hydrogens is 256 g/mol. The van der Waals surface area contributed by atoms with Gasteiger partial charge in [-0.1, -0.05) is 6.07 Å². The van der Waals surface area contributed by atoms with E-state index in [9.17, 15) is 0 Å². The number of aromatic nitrogens is 1. The maximum absolute atomic E-state index is 5.79. The summed E-state index contributed by atoms with van der Waals surface area (Å²) in [6.07, 6.45) is 11.5. The number of piperidine rings is 1. The highest BCUT2D eigenvalue weighted by molar-refractivity contribution is 6.17. The monoisotopic (exact) mass is 280 g/mol. The Labute approximate surface area is 122 Å². The van der Waals surface area contributed by atoms with E-state index in [-0.39, 0.29) is 0 Å². The van der Waals surface area contributed by atoms with Crippen LogP contribution in [0.1, 0.15) is 37.7 Å². The van der Waals surface area contributed by atoms with E-state index in [1.165, 1.54) is 57.3 Å². The summed E-state index contributed by atoms with van der Waals surface area (Å²) in [5.74, 6) is 1.70. The SMILES string of the molecule is ClCCCC1CCCN(CCCc2cccnc2)C1. The minimum Gasteiger partial charge on any atom is -0.303 e.